The Morgan fingerprint density at radius 1 is 1.09 bits per heavy atom. The van der Waals surface area contributed by atoms with Crippen LogP contribution in [0.4, 0.5) is 14.5 Å². The van der Waals surface area contributed by atoms with Crippen LogP contribution in [0.3, 0.4) is 0 Å². The van der Waals surface area contributed by atoms with Gasteiger partial charge in [0.2, 0.25) is 11.8 Å². The SMILES string of the molecule is C=CC(=O)Nc1cccc(Oc2cnc3c(n2)c(-c2cnn(Cc4cc(F)cc(F)c4)c2)cn3COCC[Si](C)(C)C)c1. The van der Waals surface area contributed by atoms with Crippen molar-refractivity contribution in [3.8, 4) is 22.8 Å². The number of hydrogen-bond acceptors (Lipinski definition) is 6. The first-order chi connectivity index (χ1) is 20.6. The summed E-state index contributed by atoms with van der Waals surface area (Å²) in [6.45, 7) is 11.5. The Morgan fingerprint density at radius 2 is 1.88 bits per heavy atom. The average Bonchev–Trinajstić information content (AvgIpc) is 3.54. The normalized spacial score (nSPS) is 11.6. The van der Waals surface area contributed by atoms with Crippen LogP contribution >= 0.6 is 0 Å². The highest BCUT2D eigenvalue weighted by molar-refractivity contribution is 6.76. The second-order valence-electron chi connectivity index (χ2n) is 11.3. The molecule has 0 saturated heterocycles. The Hall–Kier alpha value is -4.68. The van der Waals surface area contributed by atoms with Gasteiger partial charge in [-0.05, 0) is 41.9 Å². The first-order valence-corrected chi connectivity index (χ1v) is 17.4. The van der Waals surface area contributed by atoms with Gasteiger partial charge in [-0.25, -0.2) is 18.7 Å². The van der Waals surface area contributed by atoms with Gasteiger partial charge in [-0.2, -0.15) is 5.10 Å². The van der Waals surface area contributed by atoms with Crippen molar-refractivity contribution in [2.45, 2.75) is 39.0 Å². The van der Waals surface area contributed by atoms with Gasteiger partial charge >= 0.3 is 0 Å². The molecule has 0 spiro atoms. The monoisotopic (exact) mass is 602 g/mol. The number of carbonyl (C=O) groups is 1. The Bertz CT molecular complexity index is 1760. The molecule has 2 aromatic carbocycles. The molecule has 0 aliphatic heterocycles. The zero-order valence-electron chi connectivity index (χ0n) is 24.2. The molecule has 12 heteroatoms. The summed E-state index contributed by atoms with van der Waals surface area (Å²) in [5.74, 6) is -0.909. The van der Waals surface area contributed by atoms with E-state index in [0.717, 1.165) is 23.2 Å². The first kappa shape index (κ1) is 29.8. The first-order valence-electron chi connectivity index (χ1n) is 13.7. The number of benzene rings is 2. The van der Waals surface area contributed by atoms with Crippen LogP contribution in [-0.4, -0.2) is 44.9 Å². The molecule has 0 aliphatic rings. The quantitative estimate of drug-likeness (QED) is 0.0953. The van der Waals surface area contributed by atoms with Crippen molar-refractivity contribution in [3.63, 3.8) is 0 Å². The third kappa shape index (κ3) is 7.79. The third-order valence-electron chi connectivity index (χ3n) is 6.49. The van der Waals surface area contributed by atoms with E-state index in [9.17, 15) is 13.6 Å². The average molecular weight is 603 g/mol. The van der Waals surface area contributed by atoms with Gasteiger partial charge in [0.1, 0.15) is 29.6 Å². The molecule has 0 fully saturated rings. The molecule has 222 valence electrons. The Morgan fingerprint density at radius 3 is 2.63 bits per heavy atom. The van der Waals surface area contributed by atoms with Gasteiger partial charge in [0.15, 0.2) is 5.65 Å². The van der Waals surface area contributed by atoms with E-state index >= 15 is 0 Å². The van der Waals surface area contributed by atoms with Crippen LogP contribution in [0.5, 0.6) is 11.6 Å². The molecule has 0 saturated carbocycles. The van der Waals surface area contributed by atoms with E-state index in [1.54, 1.807) is 41.3 Å². The summed E-state index contributed by atoms with van der Waals surface area (Å²) in [7, 11) is -1.26. The van der Waals surface area contributed by atoms with Gasteiger partial charge in [0, 0.05) is 56.0 Å². The number of anilines is 1. The second kappa shape index (κ2) is 12.7. The van der Waals surface area contributed by atoms with Crippen molar-refractivity contribution < 1.29 is 23.0 Å². The molecule has 9 nitrogen and oxygen atoms in total. The molecule has 0 bridgehead atoms. The third-order valence-corrected chi connectivity index (χ3v) is 8.19. The lowest BCUT2D eigenvalue weighted by Crippen LogP contribution is -2.22. The van der Waals surface area contributed by atoms with Gasteiger partial charge < -0.3 is 19.4 Å². The molecular weight excluding hydrogens is 570 g/mol. The Labute approximate surface area is 248 Å². The summed E-state index contributed by atoms with van der Waals surface area (Å²) >= 11 is 0. The number of nitrogens with one attached hydrogen (secondary N) is 1. The maximum Gasteiger partial charge on any atom is 0.247 e. The van der Waals surface area contributed by atoms with Crippen molar-refractivity contribution in [3.05, 3.63) is 97.1 Å². The van der Waals surface area contributed by atoms with Crippen LogP contribution in [0.15, 0.2) is 79.9 Å². The highest BCUT2D eigenvalue weighted by atomic mass is 28.3. The van der Waals surface area contributed by atoms with E-state index < -0.39 is 19.7 Å². The largest absolute Gasteiger partial charge is 0.437 e. The summed E-state index contributed by atoms with van der Waals surface area (Å²) in [6.07, 6.45) is 8.07. The standard InChI is InChI=1S/C31H32F2N6O3Si/c1-5-28(40)36-25-7-6-8-26(14-25)42-29-16-34-31-30(37-29)27(19-38(31)20-41-9-10-43(2,3)4)22-15-35-39(18-22)17-21-11-23(32)13-24(33)12-21/h5-8,11-16,18-19H,1,9-10,17,20H2,2-4H3,(H,36,40). The summed E-state index contributed by atoms with van der Waals surface area (Å²) < 4.78 is 43.0. The smallest absolute Gasteiger partial charge is 0.247 e. The highest BCUT2D eigenvalue weighted by Crippen LogP contribution is 2.31. The number of hydrogen-bond donors (Lipinski definition) is 1. The molecule has 5 rings (SSSR count). The van der Waals surface area contributed by atoms with Gasteiger partial charge in [0.05, 0.1) is 18.9 Å². The van der Waals surface area contributed by atoms with Crippen molar-refractivity contribution in [2.24, 2.45) is 0 Å². The molecule has 0 unspecified atom stereocenters. The van der Waals surface area contributed by atoms with Gasteiger partial charge in [0.25, 0.3) is 0 Å². The fraction of sp³-hybridized carbons (Fsp3) is 0.226. The fourth-order valence-corrected chi connectivity index (χ4v) is 5.12. The predicted molar refractivity (Wildman–Crippen MR) is 164 cm³/mol. The van der Waals surface area contributed by atoms with Crippen molar-refractivity contribution >= 4 is 30.8 Å². The van der Waals surface area contributed by atoms with Crippen LogP contribution < -0.4 is 10.1 Å². The molecule has 0 aliphatic carbocycles. The Balaban J connectivity index is 1.45. The predicted octanol–water partition coefficient (Wildman–Crippen LogP) is 6.85. The van der Waals surface area contributed by atoms with Gasteiger partial charge in [-0.15, -0.1) is 0 Å². The van der Waals surface area contributed by atoms with Crippen LogP contribution in [0.1, 0.15) is 5.56 Å². The van der Waals surface area contributed by atoms with E-state index in [-0.39, 0.29) is 25.1 Å². The minimum Gasteiger partial charge on any atom is -0.437 e. The Kier molecular flexibility index (Phi) is 8.78. The summed E-state index contributed by atoms with van der Waals surface area (Å²) in [5, 5.41) is 7.11. The molecule has 1 N–H and O–H groups in total. The van der Waals surface area contributed by atoms with Crippen molar-refractivity contribution in [1.82, 2.24) is 24.3 Å². The maximum atomic E-state index is 13.7. The van der Waals surface area contributed by atoms with Crippen LogP contribution in [-0.2, 0) is 22.8 Å². The number of aromatic nitrogens is 5. The summed E-state index contributed by atoms with van der Waals surface area (Å²) in [4.78, 5) is 21.1. The topological polar surface area (TPSA) is 96.1 Å². The van der Waals surface area contributed by atoms with E-state index in [4.69, 9.17) is 14.5 Å². The molecule has 3 aromatic heterocycles. The number of amides is 1. The van der Waals surface area contributed by atoms with E-state index in [1.807, 2.05) is 10.8 Å². The van der Waals surface area contributed by atoms with E-state index in [1.165, 1.54) is 24.4 Å². The van der Waals surface area contributed by atoms with Crippen molar-refractivity contribution in [2.75, 3.05) is 11.9 Å². The molecule has 5 aromatic rings. The molecule has 0 atom stereocenters. The van der Waals surface area contributed by atoms with E-state index in [2.05, 4.69) is 41.6 Å². The molecular formula is C31H32F2N6O3Si. The van der Waals surface area contributed by atoms with Crippen LogP contribution in [0, 0.1) is 11.6 Å². The number of nitrogens with zero attached hydrogens (tertiary/aromatic N) is 5. The van der Waals surface area contributed by atoms with Crippen LogP contribution in [0.2, 0.25) is 25.7 Å². The lowest BCUT2D eigenvalue weighted by Gasteiger charge is -2.15. The van der Waals surface area contributed by atoms with Gasteiger partial charge in [-0.1, -0.05) is 32.3 Å². The minimum absolute atomic E-state index is 0.186. The zero-order valence-corrected chi connectivity index (χ0v) is 25.2. The number of carbonyl (C=O) groups excluding carboxylic acids is 1. The summed E-state index contributed by atoms with van der Waals surface area (Å²) in [6, 6.07) is 11.3. The molecule has 1 amide bonds. The maximum absolute atomic E-state index is 13.7. The van der Waals surface area contributed by atoms with E-state index in [0.29, 0.717) is 34.8 Å². The fourth-order valence-electron chi connectivity index (χ4n) is 4.37. The molecule has 3 heterocycles. The molecule has 0 radical (unpaired) electrons. The zero-order chi connectivity index (χ0) is 30.6. The number of ether oxygens (including phenoxy) is 2. The second-order valence-corrected chi connectivity index (χ2v) is 16.9. The highest BCUT2D eigenvalue weighted by Gasteiger charge is 2.18. The minimum atomic E-state index is -1.26. The van der Waals surface area contributed by atoms with Crippen molar-refractivity contribution in [1.29, 1.82) is 0 Å². The molecule has 43 heavy (non-hydrogen) atoms. The lowest BCUT2D eigenvalue weighted by molar-refractivity contribution is -0.111. The number of rotatable bonds is 12. The van der Waals surface area contributed by atoms with Gasteiger partial charge in [-0.3, -0.25) is 9.48 Å². The lowest BCUT2D eigenvalue weighted by atomic mass is 10.2. The number of fused-ring (bicyclic) bond motifs is 1. The van der Waals surface area contributed by atoms with Crippen LogP contribution in [0.25, 0.3) is 22.3 Å². The number of halogens is 2. The summed E-state index contributed by atoms with van der Waals surface area (Å²) in [5.41, 5.74) is 3.64.